The fourth-order valence-corrected chi connectivity index (χ4v) is 1.49. The second-order valence-corrected chi connectivity index (χ2v) is 4.29. The van der Waals surface area contributed by atoms with Crippen molar-refractivity contribution >= 4 is 27.4 Å². The summed E-state index contributed by atoms with van der Waals surface area (Å²) < 4.78 is 24.2. The van der Waals surface area contributed by atoms with Crippen LogP contribution in [0.3, 0.4) is 0 Å². The van der Waals surface area contributed by atoms with Gasteiger partial charge in [-0.05, 0) is 17.7 Å². The van der Waals surface area contributed by atoms with Crippen molar-refractivity contribution in [1.82, 2.24) is 9.97 Å². The average molecular weight is 233 g/mol. The number of nitrogens with one attached hydrogen (secondary N) is 1. The zero-order chi connectivity index (χ0) is 10.6. The van der Waals surface area contributed by atoms with E-state index in [0.717, 1.165) is 0 Å². The standard InChI is InChI=1S/C6H5ClN4O2S/c7-6-9-3-1-5(10-6)11-14(12,13)4-2-8/h1,3H,4H2,(H,9,10,11). The summed E-state index contributed by atoms with van der Waals surface area (Å²) in [4.78, 5) is 7.17. The molecular weight excluding hydrogens is 228 g/mol. The lowest BCUT2D eigenvalue weighted by Gasteiger charge is -2.02. The van der Waals surface area contributed by atoms with Crippen molar-refractivity contribution in [3.05, 3.63) is 17.5 Å². The maximum Gasteiger partial charge on any atom is 0.247 e. The van der Waals surface area contributed by atoms with E-state index in [1.807, 2.05) is 0 Å². The third kappa shape index (κ3) is 3.16. The maximum atomic E-state index is 11.1. The molecule has 74 valence electrons. The molecule has 0 bridgehead atoms. The van der Waals surface area contributed by atoms with Gasteiger partial charge in [0.1, 0.15) is 5.82 Å². The molecule has 0 aromatic carbocycles. The molecule has 0 amide bonds. The Hall–Kier alpha value is -1.39. The van der Waals surface area contributed by atoms with Crippen LogP contribution in [0.2, 0.25) is 5.28 Å². The Morgan fingerprint density at radius 2 is 2.36 bits per heavy atom. The molecule has 0 unspecified atom stereocenters. The summed E-state index contributed by atoms with van der Waals surface area (Å²) in [6.07, 6.45) is 1.31. The number of hydrogen-bond donors (Lipinski definition) is 1. The molecule has 1 aromatic rings. The highest BCUT2D eigenvalue weighted by molar-refractivity contribution is 7.92. The van der Waals surface area contributed by atoms with Gasteiger partial charge in [-0.15, -0.1) is 0 Å². The predicted molar refractivity (Wildman–Crippen MR) is 50.1 cm³/mol. The minimum Gasteiger partial charge on any atom is -0.266 e. The molecule has 0 radical (unpaired) electrons. The van der Waals surface area contributed by atoms with Crippen LogP contribution in [0.15, 0.2) is 12.3 Å². The average Bonchev–Trinajstić information content (AvgIpc) is 2.02. The maximum absolute atomic E-state index is 11.1. The fourth-order valence-electron chi connectivity index (χ4n) is 0.672. The molecule has 8 heteroatoms. The van der Waals surface area contributed by atoms with Crippen LogP contribution in [-0.2, 0) is 10.0 Å². The van der Waals surface area contributed by atoms with Gasteiger partial charge in [0.05, 0.1) is 6.07 Å². The van der Waals surface area contributed by atoms with Crippen molar-refractivity contribution in [1.29, 1.82) is 5.26 Å². The van der Waals surface area contributed by atoms with Crippen LogP contribution >= 0.6 is 11.6 Å². The molecular formula is C6H5ClN4O2S. The highest BCUT2D eigenvalue weighted by Crippen LogP contribution is 2.07. The Kier molecular flexibility index (Phi) is 3.22. The van der Waals surface area contributed by atoms with E-state index in [1.54, 1.807) is 0 Å². The molecule has 0 fully saturated rings. The van der Waals surface area contributed by atoms with E-state index in [2.05, 4.69) is 14.7 Å². The Morgan fingerprint density at radius 1 is 1.64 bits per heavy atom. The Morgan fingerprint density at radius 3 is 2.93 bits per heavy atom. The van der Waals surface area contributed by atoms with Crippen LogP contribution in [0, 0.1) is 11.3 Å². The zero-order valence-electron chi connectivity index (χ0n) is 6.81. The molecule has 0 saturated heterocycles. The number of rotatable bonds is 3. The van der Waals surface area contributed by atoms with E-state index in [9.17, 15) is 8.42 Å². The minimum absolute atomic E-state index is 0.0419. The Balaban J connectivity index is 2.85. The smallest absolute Gasteiger partial charge is 0.247 e. The molecule has 0 aliphatic rings. The van der Waals surface area contributed by atoms with Gasteiger partial charge in [0.2, 0.25) is 15.3 Å². The lowest BCUT2D eigenvalue weighted by Crippen LogP contribution is -2.16. The highest BCUT2D eigenvalue weighted by atomic mass is 35.5. The van der Waals surface area contributed by atoms with Crippen LogP contribution in [0.25, 0.3) is 0 Å². The van der Waals surface area contributed by atoms with E-state index in [4.69, 9.17) is 16.9 Å². The van der Waals surface area contributed by atoms with Gasteiger partial charge in [0.15, 0.2) is 5.75 Å². The molecule has 1 heterocycles. The number of aromatic nitrogens is 2. The van der Waals surface area contributed by atoms with Crippen LogP contribution in [-0.4, -0.2) is 24.1 Å². The van der Waals surface area contributed by atoms with Gasteiger partial charge in [0, 0.05) is 6.20 Å². The largest absolute Gasteiger partial charge is 0.266 e. The number of halogens is 1. The van der Waals surface area contributed by atoms with Crippen LogP contribution in [0.5, 0.6) is 0 Å². The molecule has 0 aliphatic carbocycles. The van der Waals surface area contributed by atoms with Crippen molar-refractivity contribution in [2.45, 2.75) is 0 Å². The zero-order valence-corrected chi connectivity index (χ0v) is 8.38. The summed E-state index contributed by atoms with van der Waals surface area (Å²) in [7, 11) is -3.66. The summed E-state index contributed by atoms with van der Waals surface area (Å²) in [6, 6.07) is 2.85. The molecule has 0 aliphatic heterocycles. The quantitative estimate of drug-likeness (QED) is 0.761. The normalized spacial score (nSPS) is 10.6. The molecule has 1 aromatic heterocycles. The molecule has 6 nitrogen and oxygen atoms in total. The number of nitrogens with zero attached hydrogens (tertiary/aromatic N) is 3. The van der Waals surface area contributed by atoms with Crippen molar-refractivity contribution in [2.75, 3.05) is 10.5 Å². The minimum atomic E-state index is -3.66. The Bertz CT molecular complexity index is 467. The first-order valence-corrected chi connectivity index (χ1v) is 5.42. The van der Waals surface area contributed by atoms with Crippen molar-refractivity contribution in [2.24, 2.45) is 0 Å². The van der Waals surface area contributed by atoms with Gasteiger partial charge >= 0.3 is 0 Å². The van der Waals surface area contributed by atoms with Crippen molar-refractivity contribution in [3.63, 3.8) is 0 Å². The molecule has 0 spiro atoms. The first kappa shape index (κ1) is 10.7. The Labute approximate surface area is 85.6 Å². The highest BCUT2D eigenvalue weighted by Gasteiger charge is 2.10. The third-order valence-electron chi connectivity index (χ3n) is 1.14. The second kappa shape index (κ2) is 4.21. The molecule has 1 rings (SSSR count). The van der Waals surface area contributed by atoms with Gasteiger partial charge < -0.3 is 0 Å². The SMILES string of the molecule is N#CCS(=O)(=O)Nc1ccnc(Cl)n1. The number of sulfonamides is 1. The monoisotopic (exact) mass is 232 g/mol. The summed E-state index contributed by atoms with van der Waals surface area (Å²) >= 11 is 5.43. The van der Waals surface area contributed by atoms with Crippen molar-refractivity contribution in [3.8, 4) is 6.07 Å². The van der Waals surface area contributed by atoms with Gasteiger partial charge in [0.25, 0.3) is 0 Å². The number of anilines is 1. The second-order valence-electron chi connectivity index (χ2n) is 2.23. The van der Waals surface area contributed by atoms with E-state index in [-0.39, 0.29) is 11.1 Å². The third-order valence-corrected chi connectivity index (χ3v) is 2.35. The van der Waals surface area contributed by atoms with Gasteiger partial charge in [-0.2, -0.15) is 10.2 Å². The predicted octanol–water partition coefficient (Wildman–Crippen LogP) is 0.395. The molecule has 14 heavy (non-hydrogen) atoms. The lowest BCUT2D eigenvalue weighted by molar-refractivity contribution is 0.604. The van der Waals surface area contributed by atoms with E-state index in [0.29, 0.717) is 0 Å². The van der Waals surface area contributed by atoms with E-state index >= 15 is 0 Å². The molecule has 0 saturated carbocycles. The van der Waals surface area contributed by atoms with E-state index in [1.165, 1.54) is 18.3 Å². The number of nitriles is 1. The molecule has 0 atom stereocenters. The topological polar surface area (TPSA) is 95.7 Å². The first-order chi connectivity index (χ1) is 6.53. The molecule has 1 N–H and O–H groups in total. The van der Waals surface area contributed by atoms with Crippen molar-refractivity contribution < 1.29 is 8.42 Å². The lowest BCUT2D eigenvalue weighted by atomic mass is 10.6. The summed E-state index contributed by atoms with van der Waals surface area (Å²) in [5.74, 6) is -0.588. The summed E-state index contributed by atoms with van der Waals surface area (Å²) in [6.45, 7) is 0. The van der Waals surface area contributed by atoms with Crippen LogP contribution in [0.1, 0.15) is 0 Å². The fraction of sp³-hybridized carbons (Fsp3) is 0.167. The summed E-state index contributed by atoms with van der Waals surface area (Å²) in [5, 5.41) is 8.14. The van der Waals surface area contributed by atoms with E-state index < -0.39 is 15.8 Å². The van der Waals surface area contributed by atoms with Gasteiger partial charge in [-0.25, -0.2) is 13.4 Å². The van der Waals surface area contributed by atoms with Crippen LogP contribution in [0.4, 0.5) is 5.82 Å². The van der Waals surface area contributed by atoms with Gasteiger partial charge in [-0.1, -0.05) is 0 Å². The number of hydrogen-bond acceptors (Lipinski definition) is 5. The first-order valence-electron chi connectivity index (χ1n) is 3.39. The van der Waals surface area contributed by atoms with Crippen LogP contribution < -0.4 is 4.72 Å². The van der Waals surface area contributed by atoms with Gasteiger partial charge in [-0.3, -0.25) is 4.72 Å². The summed E-state index contributed by atoms with van der Waals surface area (Å²) in [5.41, 5.74) is 0.